The van der Waals surface area contributed by atoms with Gasteiger partial charge in [-0.2, -0.15) is 0 Å². The van der Waals surface area contributed by atoms with E-state index in [9.17, 15) is 9.90 Å². The van der Waals surface area contributed by atoms with E-state index in [2.05, 4.69) is 5.16 Å². The van der Waals surface area contributed by atoms with Gasteiger partial charge < -0.3 is 20.9 Å². The average Bonchev–Trinajstić information content (AvgIpc) is 2.96. The Morgan fingerprint density at radius 3 is 2.40 bits per heavy atom. The van der Waals surface area contributed by atoms with Gasteiger partial charge in [0.15, 0.2) is 5.84 Å². The molecule has 2 unspecified atom stereocenters. The smallest absolute Gasteiger partial charge is 0.236 e. The lowest BCUT2D eigenvalue weighted by Crippen LogP contribution is -2.54. The monoisotopic (exact) mass is 283 g/mol. The van der Waals surface area contributed by atoms with Crippen LogP contribution in [0.4, 0.5) is 0 Å². The molecule has 0 aromatic carbocycles. The number of amides is 1. The molecule has 1 amide bonds. The van der Waals surface area contributed by atoms with E-state index in [4.69, 9.17) is 10.9 Å². The number of nitrogens with zero attached hydrogens (tertiary/aromatic N) is 2. The second kappa shape index (κ2) is 5.99. The third-order valence-electron chi connectivity index (χ3n) is 4.98. The van der Waals surface area contributed by atoms with Gasteiger partial charge in [0, 0.05) is 7.05 Å². The molecule has 2 aliphatic rings. The number of rotatable bonds is 3. The Balaban J connectivity index is 2.19. The molecular formula is C14H25N3O3. The summed E-state index contributed by atoms with van der Waals surface area (Å²) < 4.78 is 0. The lowest BCUT2D eigenvalue weighted by atomic mass is 9.81. The van der Waals surface area contributed by atoms with Crippen LogP contribution in [0.3, 0.4) is 0 Å². The fourth-order valence-electron chi connectivity index (χ4n) is 3.69. The average molecular weight is 283 g/mol. The lowest BCUT2D eigenvalue weighted by molar-refractivity contribution is -0.142. The van der Waals surface area contributed by atoms with Crippen LogP contribution >= 0.6 is 0 Å². The molecular weight excluding hydrogens is 258 g/mol. The van der Waals surface area contributed by atoms with E-state index in [1.165, 1.54) is 0 Å². The van der Waals surface area contributed by atoms with Crippen LogP contribution in [0.5, 0.6) is 0 Å². The van der Waals surface area contributed by atoms with Crippen molar-refractivity contribution in [2.45, 2.75) is 63.5 Å². The van der Waals surface area contributed by atoms with E-state index in [-0.39, 0.29) is 17.8 Å². The molecule has 0 aromatic heterocycles. The van der Waals surface area contributed by atoms with Crippen LogP contribution in [-0.4, -0.2) is 46.1 Å². The zero-order valence-electron chi connectivity index (χ0n) is 12.1. The largest absolute Gasteiger partial charge is 0.409 e. The third-order valence-corrected chi connectivity index (χ3v) is 4.98. The molecule has 2 rings (SSSR count). The van der Waals surface area contributed by atoms with Crippen molar-refractivity contribution in [2.24, 2.45) is 16.3 Å². The van der Waals surface area contributed by atoms with E-state index in [0.29, 0.717) is 12.8 Å². The lowest BCUT2D eigenvalue weighted by Gasteiger charge is -2.39. The highest BCUT2D eigenvalue weighted by atomic mass is 16.4. The van der Waals surface area contributed by atoms with Gasteiger partial charge in [0.25, 0.3) is 0 Å². The van der Waals surface area contributed by atoms with Gasteiger partial charge in [-0.05, 0) is 25.7 Å². The Morgan fingerprint density at radius 2 is 1.85 bits per heavy atom. The van der Waals surface area contributed by atoms with E-state index in [1.54, 1.807) is 11.9 Å². The number of carbonyl (C=O) groups is 1. The predicted octanol–water partition coefficient (Wildman–Crippen LogP) is 1.06. The summed E-state index contributed by atoms with van der Waals surface area (Å²) >= 11 is 0. The van der Waals surface area contributed by atoms with Crippen molar-refractivity contribution in [3.8, 4) is 0 Å². The van der Waals surface area contributed by atoms with Crippen molar-refractivity contribution >= 4 is 11.7 Å². The SMILES string of the molecule is CN(C(=O)C1(C(N)=NO)CCCC1)C1CCCCC1O. The minimum atomic E-state index is -0.874. The fourth-order valence-corrected chi connectivity index (χ4v) is 3.69. The van der Waals surface area contributed by atoms with E-state index < -0.39 is 11.5 Å². The molecule has 0 spiro atoms. The van der Waals surface area contributed by atoms with Crippen molar-refractivity contribution < 1.29 is 15.1 Å². The molecule has 6 nitrogen and oxygen atoms in total. The Bertz CT molecular complexity index is 391. The molecule has 20 heavy (non-hydrogen) atoms. The van der Waals surface area contributed by atoms with Crippen molar-refractivity contribution in [1.82, 2.24) is 4.90 Å². The number of likely N-dealkylation sites (N-methyl/N-ethyl adjacent to an activating group) is 1. The van der Waals surface area contributed by atoms with Crippen LogP contribution in [0.15, 0.2) is 5.16 Å². The number of amidine groups is 1. The summed E-state index contributed by atoms with van der Waals surface area (Å²) in [6.45, 7) is 0. The summed E-state index contributed by atoms with van der Waals surface area (Å²) in [5, 5.41) is 22.2. The van der Waals surface area contributed by atoms with Crippen LogP contribution in [0.1, 0.15) is 51.4 Å². The molecule has 4 N–H and O–H groups in total. The summed E-state index contributed by atoms with van der Waals surface area (Å²) in [5.74, 6) is -0.103. The van der Waals surface area contributed by atoms with E-state index in [1.807, 2.05) is 0 Å². The Hall–Kier alpha value is -1.30. The van der Waals surface area contributed by atoms with Gasteiger partial charge in [0.2, 0.25) is 5.91 Å². The maximum Gasteiger partial charge on any atom is 0.236 e. The maximum atomic E-state index is 12.9. The van der Waals surface area contributed by atoms with Crippen LogP contribution in [0.25, 0.3) is 0 Å². The molecule has 0 saturated heterocycles. The number of oxime groups is 1. The molecule has 0 aliphatic heterocycles. The zero-order chi connectivity index (χ0) is 14.8. The van der Waals surface area contributed by atoms with Crippen molar-refractivity contribution in [3.63, 3.8) is 0 Å². The van der Waals surface area contributed by atoms with Crippen LogP contribution in [0, 0.1) is 5.41 Å². The van der Waals surface area contributed by atoms with Crippen molar-refractivity contribution in [1.29, 1.82) is 0 Å². The standard InChI is InChI=1S/C14H25N3O3/c1-17(10-6-2-3-7-11(10)18)13(19)14(12(15)16-20)8-4-5-9-14/h10-11,18,20H,2-9H2,1H3,(H2,15,16). The molecule has 0 radical (unpaired) electrons. The zero-order valence-corrected chi connectivity index (χ0v) is 12.1. The molecule has 0 bridgehead atoms. The first-order valence-electron chi connectivity index (χ1n) is 7.46. The maximum absolute atomic E-state index is 12.9. The Labute approximate surface area is 119 Å². The van der Waals surface area contributed by atoms with Crippen LogP contribution in [-0.2, 0) is 4.79 Å². The molecule has 2 aliphatic carbocycles. The van der Waals surface area contributed by atoms with Gasteiger partial charge in [-0.15, -0.1) is 0 Å². The first-order chi connectivity index (χ1) is 9.53. The van der Waals surface area contributed by atoms with Gasteiger partial charge in [-0.1, -0.05) is 30.8 Å². The minimum absolute atomic E-state index is 0.0112. The van der Waals surface area contributed by atoms with Crippen molar-refractivity contribution in [3.05, 3.63) is 0 Å². The summed E-state index contributed by atoms with van der Waals surface area (Å²) in [5.41, 5.74) is 4.93. The summed E-state index contributed by atoms with van der Waals surface area (Å²) in [6, 6.07) is -0.153. The molecule has 2 fully saturated rings. The highest BCUT2D eigenvalue weighted by Crippen LogP contribution is 2.41. The summed E-state index contributed by atoms with van der Waals surface area (Å²) in [6.07, 6.45) is 6.16. The number of aliphatic hydroxyl groups excluding tert-OH is 1. The number of hydrogen-bond acceptors (Lipinski definition) is 4. The van der Waals surface area contributed by atoms with E-state index in [0.717, 1.165) is 38.5 Å². The van der Waals surface area contributed by atoms with Crippen LogP contribution in [0.2, 0.25) is 0 Å². The van der Waals surface area contributed by atoms with E-state index >= 15 is 0 Å². The normalized spacial score (nSPS) is 30.2. The second-order valence-corrected chi connectivity index (χ2v) is 6.11. The summed E-state index contributed by atoms with van der Waals surface area (Å²) in [4.78, 5) is 14.5. The highest BCUT2D eigenvalue weighted by Gasteiger charge is 2.48. The third kappa shape index (κ3) is 2.49. The highest BCUT2D eigenvalue weighted by molar-refractivity contribution is 6.07. The van der Waals surface area contributed by atoms with Gasteiger partial charge in [-0.25, -0.2) is 0 Å². The molecule has 2 saturated carbocycles. The molecule has 2 atom stereocenters. The van der Waals surface area contributed by atoms with Gasteiger partial charge in [0.05, 0.1) is 12.1 Å². The first kappa shape index (κ1) is 15.1. The fraction of sp³-hybridized carbons (Fsp3) is 0.857. The predicted molar refractivity (Wildman–Crippen MR) is 75.3 cm³/mol. The van der Waals surface area contributed by atoms with Crippen LogP contribution < -0.4 is 5.73 Å². The Morgan fingerprint density at radius 1 is 1.25 bits per heavy atom. The van der Waals surface area contributed by atoms with Crippen molar-refractivity contribution in [2.75, 3.05) is 7.05 Å². The van der Waals surface area contributed by atoms with Gasteiger partial charge >= 0.3 is 0 Å². The number of aliphatic hydroxyl groups is 1. The number of carbonyl (C=O) groups excluding carboxylic acids is 1. The second-order valence-electron chi connectivity index (χ2n) is 6.11. The Kier molecular flexibility index (Phi) is 4.52. The quantitative estimate of drug-likeness (QED) is 0.312. The topological polar surface area (TPSA) is 99.2 Å². The summed E-state index contributed by atoms with van der Waals surface area (Å²) in [7, 11) is 1.73. The number of nitrogens with two attached hydrogens (primary N) is 1. The number of hydrogen-bond donors (Lipinski definition) is 3. The minimum Gasteiger partial charge on any atom is -0.409 e. The molecule has 0 heterocycles. The van der Waals surface area contributed by atoms with Gasteiger partial charge in [0.1, 0.15) is 5.41 Å². The molecule has 0 aromatic rings. The molecule has 114 valence electrons. The van der Waals surface area contributed by atoms with Gasteiger partial charge in [-0.3, -0.25) is 4.79 Å². The molecule has 6 heteroatoms. The first-order valence-corrected chi connectivity index (χ1v) is 7.46.